The average Bonchev–Trinajstić information content (AvgIpc) is 2.74. The van der Waals surface area contributed by atoms with Crippen LogP contribution in [0.2, 0.25) is 0 Å². The van der Waals surface area contributed by atoms with Crippen LogP contribution in [0.1, 0.15) is 6.42 Å². The van der Waals surface area contributed by atoms with Crippen LogP contribution in [-0.2, 0) is 7.05 Å². The van der Waals surface area contributed by atoms with Crippen molar-refractivity contribution in [2.75, 3.05) is 23.9 Å². The number of rotatable bonds is 8. The van der Waals surface area contributed by atoms with Gasteiger partial charge in [0, 0.05) is 37.6 Å². The summed E-state index contributed by atoms with van der Waals surface area (Å²) in [6.45, 7) is 0.506. The molecule has 3 aromatic rings. The molecule has 0 aliphatic heterocycles. The molecule has 6 nitrogen and oxygen atoms in total. The fourth-order valence-corrected chi connectivity index (χ4v) is 3.49. The summed E-state index contributed by atoms with van der Waals surface area (Å²) in [6, 6.07) is 9.39. The fraction of sp³-hybridized carbons (Fsp3) is 0.286. The minimum atomic E-state index is -0.360. The molecule has 1 aromatic carbocycles. The molecule has 0 amide bonds. The minimum Gasteiger partial charge on any atom is -0.354 e. The maximum Gasteiger partial charge on any atom is 0.263 e. The van der Waals surface area contributed by atoms with Crippen molar-refractivity contribution in [3.05, 3.63) is 65.0 Å². The first-order chi connectivity index (χ1) is 14.0. The van der Waals surface area contributed by atoms with Gasteiger partial charge in [0.15, 0.2) is 0 Å². The topological polar surface area (TPSA) is 85.8 Å². The van der Waals surface area contributed by atoms with Crippen molar-refractivity contribution in [2.24, 2.45) is 12.8 Å². The van der Waals surface area contributed by atoms with Crippen molar-refractivity contribution in [2.45, 2.75) is 12.5 Å². The van der Waals surface area contributed by atoms with Gasteiger partial charge in [-0.1, -0.05) is 12.1 Å². The van der Waals surface area contributed by atoms with Crippen LogP contribution in [-0.4, -0.2) is 39.1 Å². The Morgan fingerprint density at radius 2 is 1.86 bits per heavy atom. The van der Waals surface area contributed by atoms with Crippen LogP contribution in [0.4, 0.5) is 10.3 Å². The predicted molar refractivity (Wildman–Crippen MR) is 118 cm³/mol. The molecule has 0 saturated heterocycles. The van der Waals surface area contributed by atoms with Gasteiger partial charge in [-0.15, -0.1) is 0 Å². The van der Waals surface area contributed by atoms with E-state index in [1.165, 1.54) is 16.7 Å². The van der Waals surface area contributed by atoms with Crippen LogP contribution in [0, 0.1) is 5.82 Å². The summed E-state index contributed by atoms with van der Waals surface area (Å²) >= 11 is 1.75. The number of thioether (sulfide) groups is 1. The Hall–Kier alpha value is -2.71. The number of benzene rings is 1. The Morgan fingerprint density at radius 1 is 1.17 bits per heavy atom. The summed E-state index contributed by atoms with van der Waals surface area (Å²) in [7, 11) is 1.66. The number of nitrogens with two attached hydrogens (primary N) is 1. The lowest BCUT2D eigenvalue weighted by Crippen LogP contribution is -2.32. The lowest BCUT2D eigenvalue weighted by molar-refractivity contribution is 0.628. The van der Waals surface area contributed by atoms with Gasteiger partial charge in [0.2, 0.25) is 5.95 Å². The van der Waals surface area contributed by atoms with Gasteiger partial charge < -0.3 is 11.1 Å². The van der Waals surface area contributed by atoms with E-state index in [1.807, 2.05) is 6.26 Å². The third-order valence-corrected chi connectivity index (χ3v) is 5.24. The lowest BCUT2D eigenvalue weighted by atomic mass is 10.0. The predicted octanol–water partition coefficient (Wildman–Crippen LogP) is 3.14. The molecular formula is C21H24FN5OS. The summed E-state index contributed by atoms with van der Waals surface area (Å²) in [6.07, 6.45) is 6.20. The number of anilines is 1. The smallest absolute Gasteiger partial charge is 0.263 e. The van der Waals surface area contributed by atoms with Gasteiger partial charge in [0.1, 0.15) is 5.82 Å². The Labute approximate surface area is 173 Å². The first-order valence-electron chi connectivity index (χ1n) is 9.27. The number of halogens is 1. The molecule has 1 unspecified atom stereocenters. The second-order valence-corrected chi connectivity index (χ2v) is 7.67. The van der Waals surface area contributed by atoms with Crippen LogP contribution < -0.4 is 16.6 Å². The van der Waals surface area contributed by atoms with E-state index < -0.39 is 0 Å². The van der Waals surface area contributed by atoms with Crippen LogP contribution in [0.25, 0.3) is 22.4 Å². The third-order valence-electron chi connectivity index (χ3n) is 4.59. The molecular weight excluding hydrogens is 389 g/mol. The Bertz CT molecular complexity index is 1010. The molecule has 0 aliphatic carbocycles. The number of hydrogen-bond acceptors (Lipinski definition) is 6. The van der Waals surface area contributed by atoms with Gasteiger partial charge in [-0.2, -0.15) is 11.8 Å². The van der Waals surface area contributed by atoms with E-state index in [9.17, 15) is 9.18 Å². The van der Waals surface area contributed by atoms with Gasteiger partial charge in [0.25, 0.3) is 5.56 Å². The molecule has 152 valence electrons. The molecule has 0 bridgehead atoms. The second kappa shape index (κ2) is 9.67. The highest BCUT2D eigenvalue weighted by Gasteiger charge is 2.18. The Balaban J connectivity index is 2.06. The van der Waals surface area contributed by atoms with Crippen molar-refractivity contribution in [1.29, 1.82) is 0 Å². The summed E-state index contributed by atoms with van der Waals surface area (Å²) in [4.78, 5) is 22.0. The summed E-state index contributed by atoms with van der Waals surface area (Å²) in [5.41, 5.74) is 8.21. The van der Waals surface area contributed by atoms with E-state index in [1.54, 1.807) is 55.5 Å². The Kier molecular flexibility index (Phi) is 7.00. The number of nitrogens with zero attached hydrogens (tertiary/aromatic N) is 3. The van der Waals surface area contributed by atoms with Gasteiger partial charge >= 0.3 is 0 Å². The Morgan fingerprint density at radius 3 is 2.52 bits per heavy atom. The minimum absolute atomic E-state index is 0.0412. The van der Waals surface area contributed by atoms with E-state index in [4.69, 9.17) is 10.7 Å². The van der Waals surface area contributed by atoms with E-state index in [0.29, 0.717) is 29.3 Å². The fourth-order valence-electron chi connectivity index (χ4n) is 2.95. The van der Waals surface area contributed by atoms with Crippen LogP contribution >= 0.6 is 11.8 Å². The zero-order valence-electron chi connectivity index (χ0n) is 16.4. The first-order valence-corrected chi connectivity index (χ1v) is 10.7. The third kappa shape index (κ3) is 5.02. The monoisotopic (exact) mass is 413 g/mol. The van der Waals surface area contributed by atoms with Gasteiger partial charge in [-0.25, -0.2) is 9.37 Å². The number of aromatic nitrogens is 3. The summed E-state index contributed by atoms with van der Waals surface area (Å²) in [5.74, 6) is 1.05. The van der Waals surface area contributed by atoms with Crippen molar-refractivity contribution < 1.29 is 4.39 Å². The molecule has 0 fully saturated rings. The molecule has 0 saturated carbocycles. The molecule has 3 rings (SSSR count). The van der Waals surface area contributed by atoms with Crippen LogP contribution in [0.5, 0.6) is 0 Å². The number of hydrogen-bond donors (Lipinski definition) is 2. The first kappa shape index (κ1) is 21.0. The maximum absolute atomic E-state index is 13.4. The molecule has 0 radical (unpaired) electrons. The summed E-state index contributed by atoms with van der Waals surface area (Å²) < 4.78 is 14.9. The molecule has 2 heterocycles. The molecule has 0 aliphatic rings. The standard InChI is InChI=1S/C21H24FN5OS/c1-27-20(28)18(14-3-5-16(22)6-4-14)19(15-7-10-24-11-8-15)26-21(27)25-13-17(23)9-12-29-2/h3-8,10-11,17H,9,12-13,23H2,1-2H3,(H,25,26). The molecule has 2 aromatic heterocycles. The lowest BCUT2D eigenvalue weighted by Gasteiger charge is -2.18. The quantitative estimate of drug-likeness (QED) is 0.590. The SMILES string of the molecule is CSCCC(N)CNc1nc(-c2ccncc2)c(-c2ccc(F)cc2)c(=O)n1C. The van der Waals surface area contributed by atoms with Crippen molar-refractivity contribution in [3.8, 4) is 22.4 Å². The van der Waals surface area contributed by atoms with Crippen LogP contribution in [0.3, 0.4) is 0 Å². The highest BCUT2D eigenvalue weighted by Crippen LogP contribution is 2.28. The maximum atomic E-state index is 13.4. The molecule has 8 heteroatoms. The van der Waals surface area contributed by atoms with E-state index in [2.05, 4.69) is 10.3 Å². The van der Waals surface area contributed by atoms with Gasteiger partial charge in [0.05, 0.1) is 11.3 Å². The van der Waals surface area contributed by atoms with Gasteiger partial charge in [-0.3, -0.25) is 14.3 Å². The zero-order valence-corrected chi connectivity index (χ0v) is 17.2. The second-order valence-electron chi connectivity index (χ2n) is 6.69. The van der Waals surface area contributed by atoms with Crippen molar-refractivity contribution in [1.82, 2.24) is 14.5 Å². The van der Waals surface area contributed by atoms with Crippen LogP contribution in [0.15, 0.2) is 53.6 Å². The highest BCUT2D eigenvalue weighted by molar-refractivity contribution is 7.98. The van der Waals surface area contributed by atoms with Crippen molar-refractivity contribution >= 4 is 17.7 Å². The van der Waals surface area contributed by atoms with Gasteiger partial charge in [-0.05, 0) is 48.3 Å². The zero-order chi connectivity index (χ0) is 20.8. The highest BCUT2D eigenvalue weighted by atomic mass is 32.2. The largest absolute Gasteiger partial charge is 0.354 e. The van der Waals surface area contributed by atoms with Crippen molar-refractivity contribution in [3.63, 3.8) is 0 Å². The molecule has 1 atom stereocenters. The molecule has 29 heavy (non-hydrogen) atoms. The van der Waals surface area contributed by atoms with E-state index in [0.717, 1.165) is 17.7 Å². The van der Waals surface area contributed by atoms with E-state index >= 15 is 0 Å². The number of nitrogens with one attached hydrogen (secondary N) is 1. The van der Waals surface area contributed by atoms with E-state index in [-0.39, 0.29) is 17.4 Å². The number of pyridine rings is 1. The molecule has 0 spiro atoms. The molecule has 3 N–H and O–H groups in total. The normalized spacial score (nSPS) is 12.0. The average molecular weight is 414 g/mol. The summed E-state index contributed by atoms with van der Waals surface area (Å²) in [5, 5.41) is 3.20.